The van der Waals surface area contributed by atoms with Crippen LogP contribution in [-0.4, -0.2) is 52.3 Å². The van der Waals surface area contributed by atoms with Crippen LogP contribution >= 0.6 is 0 Å². The van der Waals surface area contributed by atoms with Crippen LogP contribution in [0.25, 0.3) is 11.2 Å². The number of nitrogens with two attached hydrogens (primary N) is 1. The summed E-state index contributed by atoms with van der Waals surface area (Å²) in [4.78, 5) is 35.3. The van der Waals surface area contributed by atoms with Crippen LogP contribution < -0.4 is 21.5 Å². The van der Waals surface area contributed by atoms with Crippen molar-refractivity contribution in [3.05, 3.63) is 45.9 Å². The van der Waals surface area contributed by atoms with E-state index in [4.69, 9.17) is 21.6 Å². The first-order chi connectivity index (χ1) is 14.0. The molecule has 0 aliphatic rings. The van der Waals surface area contributed by atoms with Crippen molar-refractivity contribution in [1.82, 2.24) is 24.8 Å². The molecule has 0 saturated heterocycles. The lowest BCUT2D eigenvalue weighted by Gasteiger charge is -2.07. The van der Waals surface area contributed by atoms with Crippen molar-refractivity contribution < 1.29 is 14.3 Å². The van der Waals surface area contributed by atoms with Crippen molar-refractivity contribution >= 4 is 22.9 Å². The van der Waals surface area contributed by atoms with Crippen LogP contribution in [0.1, 0.15) is 15.9 Å². The fourth-order valence-electron chi connectivity index (χ4n) is 2.64. The molecule has 0 spiro atoms. The maximum absolute atomic E-state index is 12.4. The molecule has 0 unspecified atom stereocenters. The van der Waals surface area contributed by atoms with Gasteiger partial charge in [-0.3, -0.25) is 9.36 Å². The van der Waals surface area contributed by atoms with E-state index in [2.05, 4.69) is 26.2 Å². The largest absolute Gasteiger partial charge is 0.461 e. The third-order valence-corrected chi connectivity index (χ3v) is 4.06. The summed E-state index contributed by atoms with van der Waals surface area (Å²) in [5, 5.41) is 2.59. The summed E-state index contributed by atoms with van der Waals surface area (Å²) >= 11 is 0. The van der Waals surface area contributed by atoms with Gasteiger partial charge in [0.05, 0.1) is 19.7 Å². The van der Waals surface area contributed by atoms with Gasteiger partial charge in [-0.1, -0.05) is 18.1 Å². The molecule has 10 nitrogen and oxygen atoms in total. The van der Waals surface area contributed by atoms with E-state index >= 15 is 0 Å². The highest BCUT2D eigenvalue weighted by Crippen LogP contribution is 2.18. The average molecular weight is 396 g/mol. The summed E-state index contributed by atoms with van der Waals surface area (Å²) in [5.74, 6) is 2.19. The third-order valence-electron chi connectivity index (χ3n) is 4.06. The molecule has 0 aliphatic carbocycles. The minimum atomic E-state index is -0.383. The lowest BCUT2D eigenvalue weighted by atomic mass is 10.1. The molecule has 3 aromatic rings. The Morgan fingerprint density at radius 3 is 2.76 bits per heavy atom. The molecule has 3 rings (SSSR count). The number of terminal acetylenes is 1. The van der Waals surface area contributed by atoms with Crippen LogP contribution in [0, 0.1) is 12.3 Å². The number of aromatic amines is 1. The number of hydrogen-bond donors (Lipinski definition) is 3. The lowest BCUT2D eigenvalue weighted by molar-refractivity contribution is 0.0958. The van der Waals surface area contributed by atoms with E-state index < -0.39 is 0 Å². The number of hydrogen-bond acceptors (Lipinski definition) is 7. The zero-order valence-corrected chi connectivity index (χ0v) is 15.8. The molecule has 0 radical (unpaired) electrons. The highest BCUT2D eigenvalue weighted by atomic mass is 16.5. The number of nitrogen functional groups attached to an aromatic ring is 1. The minimum absolute atomic E-state index is 0.0559. The molecule has 0 fully saturated rings. The molecule has 1 aromatic carbocycles. The number of nitrogens with zero attached hydrogens (tertiary/aromatic N) is 3. The van der Waals surface area contributed by atoms with E-state index in [0.29, 0.717) is 23.3 Å². The van der Waals surface area contributed by atoms with Crippen molar-refractivity contribution in [1.29, 1.82) is 0 Å². The summed E-state index contributed by atoms with van der Waals surface area (Å²) < 4.78 is 11.8. The Hall–Kier alpha value is -3.84. The van der Waals surface area contributed by atoms with E-state index in [9.17, 15) is 9.59 Å². The first kappa shape index (κ1) is 19.9. The Labute approximate surface area is 166 Å². The average Bonchev–Trinajstić information content (AvgIpc) is 3.03. The zero-order chi connectivity index (χ0) is 20.8. The summed E-state index contributed by atoms with van der Waals surface area (Å²) in [7, 11) is 1.55. The molecular weight excluding hydrogens is 376 g/mol. The molecule has 29 heavy (non-hydrogen) atoms. The summed E-state index contributed by atoms with van der Waals surface area (Å²) in [6, 6.07) is 6.86. The number of fused-ring (bicyclic) bond motifs is 1. The Bertz CT molecular complexity index is 1110. The first-order valence-corrected chi connectivity index (χ1v) is 8.72. The topological polar surface area (TPSA) is 137 Å². The second-order valence-corrected chi connectivity index (χ2v) is 6.03. The van der Waals surface area contributed by atoms with Gasteiger partial charge in [-0.25, -0.2) is 4.79 Å². The lowest BCUT2D eigenvalue weighted by Crippen LogP contribution is -2.23. The van der Waals surface area contributed by atoms with Crippen molar-refractivity contribution in [2.24, 2.45) is 0 Å². The molecule has 0 aliphatic heterocycles. The molecule has 0 bridgehead atoms. The number of H-pyrrole nitrogens is 1. The quantitative estimate of drug-likeness (QED) is 0.364. The van der Waals surface area contributed by atoms with Gasteiger partial charge in [-0.05, 0) is 17.7 Å². The van der Waals surface area contributed by atoms with Crippen LogP contribution in [0.4, 0.5) is 5.82 Å². The minimum Gasteiger partial charge on any atom is -0.461 e. The number of imidazole rings is 1. The molecule has 2 heterocycles. The zero-order valence-electron chi connectivity index (χ0n) is 15.8. The summed E-state index contributed by atoms with van der Waals surface area (Å²) in [6.45, 7) is 0.988. The second-order valence-electron chi connectivity index (χ2n) is 6.03. The second kappa shape index (κ2) is 8.90. The normalized spacial score (nSPS) is 10.6. The van der Waals surface area contributed by atoms with Crippen molar-refractivity contribution in [2.45, 2.75) is 6.54 Å². The van der Waals surface area contributed by atoms with E-state index in [1.165, 1.54) is 4.57 Å². The van der Waals surface area contributed by atoms with Crippen LogP contribution in [-0.2, 0) is 11.3 Å². The summed E-state index contributed by atoms with van der Waals surface area (Å²) in [6.07, 6.45) is 5.14. The molecule has 4 N–H and O–H groups in total. The Balaban J connectivity index is 1.85. The number of carbonyl (C=O) groups is 1. The Kier molecular flexibility index (Phi) is 6.11. The maximum Gasteiger partial charge on any atom is 0.328 e. The fourth-order valence-corrected chi connectivity index (χ4v) is 2.64. The predicted molar refractivity (Wildman–Crippen MR) is 107 cm³/mol. The van der Waals surface area contributed by atoms with Gasteiger partial charge in [-0.2, -0.15) is 9.97 Å². The van der Waals surface area contributed by atoms with Crippen molar-refractivity contribution in [3.8, 4) is 18.4 Å². The van der Waals surface area contributed by atoms with Gasteiger partial charge in [-0.15, -0.1) is 6.42 Å². The molecule has 10 heteroatoms. The van der Waals surface area contributed by atoms with E-state index in [0.717, 1.165) is 5.56 Å². The third kappa shape index (κ3) is 4.53. The van der Waals surface area contributed by atoms with Gasteiger partial charge in [0.2, 0.25) is 0 Å². The first-order valence-electron chi connectivity index (χ1n) is 8.72. The van der Waals surface area contributed by atoms with Crippen molar-refractivity contribution in [2.75, 3.05) is 32.6 Å². The number of amides is 1. The Morgan fingerprint density at radius 1 is 1.31 bits per heavy atom. The molecule has 0 saturated carbocycles. The number of aromatic nitrogens is 4. The van der Waals surface area contributed by atoms with Crippen LogP contribution in [0.5, 0.6) is 6.01 Å². The fraction of sp³-hybridized carbons (Fsp3) is 0.263. The van der Waals surface area contributed by atoms with Gasteiger partial charge in [0.15, 0.2) is 11.5 Å². The van der Waals surface area contributed by atoms with E-state index in [1.807, 2.05) is 0 Å². The monoisotopic (exact) mass is 396 g/mol. The highest BCUT2D eigenvalue weighted by molar-refractivity contribution is 5.94. The number of rotatable bonds is 8. The maximum atomic E-state index is 12.4. The molecule has 1 amide bonds. The number of nitrogens with one attached hydrogen (secondary N) is 2. The number of benzene rings is 1. The van der Waals surface area contributed by atoms with Crippen LogP contribution in [0.3, 0.4) is 0 Å². The molecular formula is C19H20N6O4. The van der Waals surface area contributed by atoms with Gasteiger partial charge in [0, 0.05) is 12.7 Å². The van der Waals surface area contributed by atoms with Gasteiger partial charge in [0.1, 0.15) is 12.1 Å². The van der Waals surface area contributed by atoms with Gasteiger partial charge in [0.25, 0.3) is 5.91 Å². The van der Waals surface area contributed by atoms with Crippen LogP contribution in [0.2, 0.25) is 0 Å². The van der Waals surface area contributed by atoms with E-state index in [-0.39, 0.29) is 43.1 Å². The van der Waals surface area contributed by atoms with Crippen molar-refractivity contribution in [3.63, 3.8) is 0 Å². The number of methoxy groups -OCH3 is 1. The van der Waals surface area contributed by atoms with Crippen LogP contribution in [0.15, 0.2) is 29.1 Å². The summed E-state index contributed by atoms with van der Waals surface area (Å²) in [5.41, 5.74) is 7.46. The highest BCUT2D eigenvalue weighted by Gasteiger charge is 2.15. The predicted octanol–water partition coefficient (Wildman–Crippen LogP) is 0.138. The molecule has 0 atom stereocenters. The number of ether oxygens (including phenoxy) is 2. The Morgan fingerprint density at radius 2 is 2.07 bits per heavy atom. The van der Waals surface area contributed by atoms with Gasteiger partial charge < -0.3 is 25.5 Å². The SMILES string of the molecule is C#CCNC(=O)c1ccc(Cn2c(=O)[nH]c3c(N)nc(OCCOC)nc32)cc1. The molecule has 150 valence electrons. The smallest absolute Gasteiger partial charge is 0.328 e. The standard InChI is InChI=1S/C19H20N6O4/c1-3-8-21-17(26)13-6-4-12(5-7-13)11-25-16-14(22-19(25)27)15(20)23-18(24-16)29-10-9-28-2/h1,4-7H,8-11H2,2H3,(H,21,26)(H,22,27)(H2,20,23,24). The molecule has 2 aromatic heterocycles. The number of carbonyl (C=O) groups excluding carboxylic acids is 1. The number of anilines is 1. The van der Waals surface area contributed by atoms with Gasteiger partial charge >= 0.3 is 11.7 Å². The van der Waals surface area contributed by atoms with E-state index in [1.54, 1.807) is 31.4 Å².